The van der Waals surface area contributed by atoms with E-state index in [9.17, 15) is 13.2 Å². The number of anilines is 1. The summed E-state index contributed by atoms with van der Waals surface area (Å²) in [7, 11) is -3.72. The van der Waals surface area contributed by atoms with Crippen molar-refractivity contribution >= 4 is 38.5 Å². The molecule has 1 aliphatic rings. The van der Waals surface area contributed by atoms with E-state index in [1.54, 1.807) is 12.1 Å². The highest BCUT2D eigenvalue weighted by atomic mass is 32.2. The van der Waals surface area contributed by atoms with Gasteiger partial charge in [-0.2, -0.15) is 0 Å². The van der Waals surface area contributed by atoms with E-state index in [1.165, 1.54) is 12.1 Å². The fourth-order valence-electron chi connectivity index (χ4n) is 3.16. The van der Waals surface area contributed by atoms with Gasteiger partial charge in [0, 0.05) is 31.5 Å². The van der Waals surface area contributed by atoms with Crippen molar-refractivity contribution in [2.75, 3.05) is 11.9 Å². The number of rotatable bonds is 6. The lowest BCUT2D eigenvalue weighted by Gasteiger charge is -2.10. The van der Waals surface area contributed by atoms with Gasteiger partial charge in [0.05, 0.1) is 15.9 Å². The van der Waals surface area contributed by atoms with Crippen LogP contribution in [0.4, 0.5) is 5.69 Å². The monoisotopic (exact) mass is 411 g/mol. The molecule has 3 N–H and O–H groups in total. The molecular formula is C20H21N5O3S. The Morgan fingerprint density at radius 1 is 1.14 bits per heavy atom. The van der Waals surface area contributed by atoms with Crippen molar-refractivity contribution < 1.29 is 13.2 Å². The zero-order chi connectivity index (χ0) is 20.3. The third kappa shape index (κ3) is 4.62. The van der Waals surface area contributed by atoms with Crippen LogP contribution in [0.15, 0.2) is 58.4 Å². The number of nitrogens with zero attached hydrogens (tertiary/aromatic N) is 2. The number of aromatic nitrogens is 2. The number of imidazole rings is 1. The van der Waals surface area contributed by atoms with E-state index in [0.29, 0.717) is 30.9 Å². The van der Waals surface area contributed by atoms with Crippen LogP contribution in [0.5, 0.6) is 0 Å². The number of benzene rings is 2. The number of aryl methyl sites for hydroxylation is 1. The second-order valence-corrected chi connectivity index (χ2v) is 8.50. The maximum absolute atomic E-state index is 12.5. The number of carbonyl (C=O) groups is 1. The number of fused-ring (bicyclic) bond motifs is 1. The molecule has 0 saturated heterocycles. The highest BCUT2D eigenvalue weighted by Crippen LogP contribution is 2.17. The molecule has 29 heavy (non-hydrogen) atoms. The molecule has 4 rings (SSSR count). The van der Waals surface area contributed by atoms with Crippen LogP contribution in [-0.2, 0) is 21.2 Å². The highest BCUT2D eigenvalue weighted by molar-refractivity contribution is 7.90. The molecule has 0 bridgehead atoms. The van der Waals surface area contributed by atoms with Crippen molar-refractivity contribution in [3.05, 3.63) is 54.4 Å². The summed E-state index contributed by atoms with van der Waals surface area (Å²) in [4.78, 5) is 24.2. The molecule has 0 aliphatic carbocycles. The van der Waals surface area contributed by atoms with Gasteiger partial charge in [-0.25, -0.2) is 13.4 Å². The first-order valence-electron chi connectivity index (χ1n) is 9.39. The van der Waals surface area contributed by atoms with E-state index in [-0.39, 0.29) is 17.2 Å². The van der Waals surface area contributed by atoms with E-state index in [4.69, 9.17) is 0 Å². The summed E-state index contributed by atoms with van der Waals surface area (Å²) in [5, 5.41) is 2.75. The minimum Gasteiger partial charge on any atom is -0.342 e. The quantitative estimate of drug-likeness (QED) is 0.578. The predicted octanol–water partition coefficient (Wildman–Crippen LogP) is 2.60. The third-order valence-corrected chi connectivity index (χ3v) is 5.96. The molecule has 9 heteroatoms. The van der Waals surface area contributed by atoms with E-state index >= 15 is 0 Å². The molecule has 3 aromatic rings. The van der Waals surface area contributed by atoms with Gasteiger partial charge < -0.3 is 10.3 Å². The topological polar surface area (TPSA) is 116 Å². The van der Waals surface area contributed by atoms with E-state index < -0.39 is 10.0 Å². The molecule has 8 nitrogen and oxygen atoms in total. The molecule has 1 aromatic heterocycles. The minimum absolute atomic E-state index is 0.0854. The van der Waals surface area contributed by atoms with Crippen LogP contribution in [0.2, 0.25) is 0 Å². The second kappa shape index (κ2) is 8.04. The SMILES string of the molecule is O=C(CCc1nc2ccccc2[nH]1)Nc1cccc(S(=O)(=O)NC2=NCCC2)c1. The summed E-state index contributed by atoms with van der Waals surface area (Å²) in [6.07, 6.45) is 2.16. The van der Waals surface area contributed by atoms with Gasteiger partial charge in [-0.1, -0.05) is 18.2 Å². The fraction of sp³-hybridized carbons (Fsp3) is 0.250. The first kappa shape index (κ1) is 19.1. The number of aliphatic imine (C=N–C) groups is 1. The maximum Gasteiger partial charge on any atom is 0.262 e. The van der Waals surface area contributed by atoms with Crippen molar-refractivity contribution in [1.29, 1.82) is 0 Å². The Kier molecular flexibility index (Phi) is 5.30. The number of para-hydroxylation sites is 2. The lowest BCUT2D eigenvalue weighted by atomic mass is 10.2. The zero-order valence-electron chi connectivity index (χ0n) is 15.7. The lowest BCUT2D eigenvalue weighted by Crippen LogP contribution is -2.29. The van der Waals surface area contributed by atoms with Gasteiger partial charge in [0.25, 0.3) is 10.0 Å². The Labute approximate surface area is 168 Å². The maximum atomic E-state index is 12.5. The van der Waals surface area contributed by atoms with Crippen LogP contribution in [0, 0.1) is 0 Å². The summed E-state index contributed by atoms with van der Waals surface area (Å²) in [6, 6.07) is 13.9. The van der Waals surface area contributed by atoms with Crippen LogP contribution in [0.1, 0.15) is 25.1 Å². The molecule has 0 fully saturated rings. The standard InChI is InChI=1S/C20H21N5O3S/c26-20(11-10-19-23-16-7-1-2-8-17(16)24-19)22-14-5-3-6-15(13-14)29(27,28)25-18-9-4-12-21-18/h1-3,5-8,13H,4,9-12H2,(H,21,25)(H,22,26)(H,23,24). The summed E-state index contributed by atoms with van der Waals surface area (Å²) in [5.41, 5.74) is 2.22. The van der Waals surface area contributed by atoms with Gasteiger partial charge >= 0.3 is 0 Å². The molecular weight excluding hydrogens is 390 g/mol. The second-order valence-electron chi connectivity index (χ2n) is 6.81. The molecule has 2 aromatic carbocycles. The van der Waals surface area contributed by atoms with Gasteiger partial charge in [0.1, 0.15) is 11.7 Å². The van der Waals surface area contributed by atoms with Crippen molar-refractivity contribution in [2.24, 2.45) is 4.99 Å². The lowest BCUT2D eigenvalue weighted by molar-refractivity contribution is -0.116. The smallest absolute Gasteiger partial charge is 0.262 e. The molecule has 0 spiro atoms. The molecule has 0 saturated carbocycles. The number of amides is 1. The van der Waals surface area contributed by atoms with Crippen LogP contribution < -0.4 is 10.0 Å². The predicted molar refractivity (Wildman–Crippen MR) is 111 cm³/mol. The number of amidine groups is 1. The molecule has 150 valence electrons. The highest BCUT2D eigenvalue weighted by Gasteiger charge is 2.18. The average molecular weight is 411 g/mol. The third-order valence-electron chi connectivity index (χ3n) is 4.58. The fourth-order valence-corrected chi connectivity index (χ4v) is 4.29. The summed E-state index contributed by atoms with van der Waals surface area (Å²) < 4.78 is 27.5. The first-order chi connectivity index (χ1) is 14.0. The zero-order valence-corrected chi connectivity index (χ0v) is 16.5. The van der Waals surface area contributed by atoms with Crippen LogP contribution in [-0.4, -0.2) is 36.7 Å². The Balaban J connectivity index is 1.38. The van der Waals surface area contributed by atoms with Crippen molar-refractivity contribution in [3.8, 4) is 0 Å². The van der Waals surface area contributed by atoms with Gasteiger partial charge in [-0.05, 0) is 36.8 Å². The van der Waals surface area contributed by atoms with Crippen LogP contribution in [0.25, 0.3) is 11.0 Å². The molecule has 1 amide bonds. The summed E-state index contributed by atoms with van der Waals surface area (Å²) in [5.74, 6) is 0.998. The Hall–Kier alpha value is -3.20. The van der Waals surface area contributed by atoms with Crippen molar-refractivity contribution in [1.82, 2.24) is 14.7 Å². The number of nitrogens with one attached hydrogen (secondary N) is 3. The average Bonchev–Trinajstić information content (AvgIpc) is 3.35. The minimum atomic E-state index is -3.72. The Morgan fingerprint density at radius 2 is 2.00 bits per heavy atom. The van der Waals surface area contributed by atoms with Crippen LogP contribution in [0.3, 0.4) is 0 Å². The van der Waals surface area contributed by atoms with Crippen molar-refractivity contribution in [3.63, 3.8) is 0 Å². The number of hydrogen-bond donors (Lipinski definition) is 3. The van der Waals surface area contributed by atoms with Gasteiger partial charge in [-0.3, -0.25) is 14.5 Å². The van der Waals surface area contributed by atoms with Gasteiger partial charge in [0.2, 0.25) is 5.91 Å². The first-order valence-corrected chi connectivity index (χ1v) is 10.9. The molecule has 2 heterocycles. The van der Waals surface area contributed by atoms with Gasteiger partial charge in [-0.15, -0.1) is 0 Å². The van der Waals surface area contributed by atoms with E-state index in [1.807, 2.05) is 24.3 Å². The summed E-state index contributed by atoms with van der Waals surface area (Å²) in [6.45, 7) is 0.638. The summed E-state index contributed by atoms with van der Waals surface area (Å²) >= 11 is 0. The number of H-pyrrole nitrogens is 1. The largest absolute Gasteiger partial charge is 0.342 e. The van der Waals surface area contributed by atoms with Crippen LogP contribution >= 0.6 is 0 Å². The number of carbonyl (C=O) groups excluding carboxylic acids is 1. The molecule has 1 aliphatic heterocycles. The van der Waals surface area contributed by atoms with E-state index in [2.05, 4.69) is 25.0 Å². The Morgan fingerprint density at radius 3 is 2.79 bits per heavy atom. The molecule has 0 unspecified atom stereocenters. The van der Waals surface area contributed by atoms with Crippen molar-refractivity contribution in [2.45, 2.75) is 30.6 Å². The van der Waals surface area contributed by atoms with Gasteiger partial charge in [0.15, 0.2) is 0 Å². The number of aromatic amines is 1. The van der Waals surface area contributed by atoms with E-state index in [0.717, 1.165) is 23.3 Å². The Bertz CT molecular complexity index is 1150. The molecule has 0 atom stereocenters. The normalized spacial score (nSPS) is 14.0. The number of sulfonamides is 1. The molecule has 0 radical (unpaired) electrons. The number of hydrogen-bond acceptors (Lipinski definition) is 5.